The summed E-state index contributed by atoms with van der Waals surface area (Å²) in [6.45, 7) is 1.27. The molecule has 0 atom stereocenters. The number of rotatable bonds is 3. The Bertz CT molecular complexity index is 138. The van der Waals surface area contributed by atoms with E-state index in [1.54, 1.807) is 0 Å². The Labute approximate surface area is 46.4 Å². The normalized spacial score (nSPS) is 11.8. The van der Waals surface area contributed by atoms with Crippen molar-refractivity contribution in [2.45, 2.75) is 6.92 Å². The van der Waals surface area contributed by atoms with Gasteiger partial charge in [-0.05, 0) is 15.8 Å². The fraction of sp³-hybridized carbons (Fsp3) is 1.00. The first kappa shape index (κ1) is 7.80. The Morgan fingerprint density at radius 3 is 2.25 bits per heavy atom. The average Bonchev–Trinajstić information content (AvgIpc) is 1.67. The molecule has 0 bridgehead atoms. The van der Waals surface area contributed by atoms with Crippen LogP contribution in [0.15, 0.2) is 0 Å². The van der Waals surface area contributed by atoms with Gasteiger partial charge in [0.25, 0.3) is 0 Å². The number of hydrogen-bond acceptors (Lipinski definition) is 4. The molecule has 0 radical (unpaired) electrons. The molecular formula is C2H5FO4S. The van der Waals surface area contributed by atoms with Crippen LogP contribution in [0.1, 0.15) is 6.92 Å². The minimum atomic E-state index is -4.34. The van der Waals surface area contributed by atoms with Crippen molar-refractivity contribution >= 4 is 10.4 Å². The SMILES string of the molecule is CCOS(=O)(=O)OF. The predicted octanol–water partition coefficient (Wildman–Crippen LogP) is 0.169. The van der Waals surface area contributed by atoms with Crippen LogP contribution >= 0.6 is 0 Å². The Hall–Kier alpha value is -0.200. The topological polar surface area (TPSA) is 52.6 Å². The van der Waals surface area contributed by atoms with Crippen molar-refractivity contribution in [3.05, 3.63) is 0 Å². The summed E-state index contributed by atoms with van der Waals surface area (Å²) >= 11 is 0. The molecule has 0 aromatic rings. The molecule has 6 heteroatoms. The lowest BCUT2D eigenvalue weighted by Gasteiger charge is -1.91. The van der Waals surface area contributed by atoms with Gasteiger partial charge in [0.2, 0.25) is 0 Å². The lowest BCUT2D eigenvalue weighted by Crippen LogP contribution is -2.04. The molecular weight excluding hydrogens is 139 g/mol. The van der Waals surface area contributed by atoms with Crippen molar-refractivity contribution in [3.8, 4) is 0 Å². The molecule has 0 saturated heterocycles. The third kappa shape index (κ3) is 2.89. The second kappa shape index (κ2) is 2.95. The van der Waals surface area contributed by atoms with Crippen molar-refractivity contribution in [2.24, 2.45) is 0 Å². The molecule has 50 valence electrons. The van der Waals surface area contributed by atoms with E-state index in [1.807, 2.05) is 0 Å². The second-order valence-electron chi connectivity index (χ2n) is 0.878. The summed E-state index contributed by atoms with van der Waals surface area (Å²) in [5.41, 5.74) is 0. The molecule has 0 saturated carbocycles. The molecule has 0 aromatic heterocycles. The average molecular weight is 144 g/mol. The Morgan fingerprint density at radius 1 is 1.62 bits per heavy atom. The maximum Gasteiger partial charge on any atom is 0.430 e. The van der Waals surface area contributed by atoms with Gasteiger partial charge in [-0.3, -0.25) is 0 Å². The van der Waals surface area contributed by atoms with E-state index < -0.39 is 10.4 Å². The highest BCUT2D eigenvalue weighted by Crippen LogP contribution is 1.93. The monoisotopic (exact) mass is 144 g/mol. The fourth-order valence-corrected chi connectivity index (χ4v) is 0.488. The summed E-state index contributed by atoms with van der Waals surface area (Å²) in [6.07, 6.45) is 0. The minimum absolute atomic E-state index is 0.133. The molecule has 0 aliphatic rings. The van der Waals surface area contributed by atoms with E-state index in [0.29, 0.717) is 0 Å². The fourth-order valence-electron chi connectivity index (χ4n) is 0.163. The second-order valence-corrected chi connectivity index (χ2v) is 2.06. The summed E-state index contributed by atoms with van der Waals surface area (Å²) in [5.74, 6) is 0. The van der Waals surface area contributed by atoms with E-state index in [2.05, 4.69) is 8.57 Å². The molecule has 0 unspecified atom stereocenters. The zero-order valence-electron chi connectivity index (χ0n) is 4.13. The molecule has 0 N–H and O–H groups in total. The molecule has 0 aliphatic carbocycles. The molecule has 0 heterocycles. The molecule has 0 spiro atoms. The van der Waals surface area contributed by atoms with Crippen LogP contribution in [0.4, 0.5) is 4.53 Å². The van der Waals surface area contributed by atoms with Gasteiger partial charge in [0.05, 0.1) is 6.61 Å². The van der Waals surface area contributed by atoms with Crippen molar-refractivity contribution in [2.75, 3.05) is 6.61 Å². The van der Waals surface area contributed by atoms with Crippen LogP contribution in [0.3, 0.4) is 0 Å². The molecule has 0 aromatic carbocycles. The van der Waals surface area contributed by atoms with Gasteiger partial charge in [-0.15, -0.1) is 0 Å². The quantitative estimate of drug-likeness (QED) is 0.566. The maximum atomic E-state index is 10.7. The molecule has 8 heavy (non-hydrogen) atoms. The first-order valence-corrected chi connectivity index (χ1v) is 3.15. The third-order valence-corrected chi connectivity index (χ3v) is 1.02. The highest BCUT2D eigenvalue weighted by atomic mass is 32.3. The lowest BCUT2D eigenvalue weighted by molar-refractivity contribution is -0.0175. The van der Waals surface area contributed by atoms with Gasteiger partial charge in [-0.25, -0.2) is 4.18 Å². The summed E-state index contributed by atoms with van der Waals surface area (Å²) in [5, 5.41) is 0. The summed E-state index contributed by atoms with van der Waals surface area (Å²) in [6, 6.07) is 0. The molecule has 0 aliphatic heterocycles. The van der Waals surface area contributed by atoms with E-state index in [-0.39, 0.29) is 6.61 Å². The van der Waals surface area contributed by atoms with Gasteiger partial charge >= 0.3 is 10.4 Å². The largest absolute Gasteiger partial charge is 0.430 e. The van der Waals surface area contributed by atoms with Crippen molar-refractivity contribution < 1.29 is 21.5 Å². The van der Waals surface area contributed by atoms with Crippen LogP contribution < -0.4 is 0 Å². The van der Waals surface area contributed by atoms with Gasteiger partial charge in [0, 0.05) is 0 Å². The van der Waals surface area contributed by atoms with Crippen molar-refractivity contribution in [1.82, 2.24) is 0 Å². The molecule has 0 fully saturated rings. The van der Waals surface area contributed by atoms with Crippen LogP contribution in [0, 0.1) is 0 Å². The van der Waals surface area contributed by atoms with E-state index in [0.717, 1.165) is 0 Å². The zero-order chi connectivity index (χ0) is 6.62. The third-order valence-electron chi connectivity index (χ3n) is 0.339. The van der Waals surface area contributed by atoms with Gasteiger partial charge in [-0.1, -0.05) is 0 Å². The Kier molecular flexibility index (Phi) is 2.88. The number of hydrogen-bond donors (Lipinski definition) is 0. The van der Waals surface area contributed by atoms with E-state index >= 15 is 0 Å². The summed E-state index contributed by atoms with van der Waals surface area (Å²) < 4.78 is 36.5. The smallest absolute Gasteiger partial charge is 0.247 e. The zero-order valence-corrected chi connectivity index (χ0v) is 4.94. The molecule has 4 nitrogen and oxygen atoms in total. The Balaban J connectivity index is 3.76. The van der Waals surface area contributed by atoms with E-state index in [4.69, 9.17) is 0 Å². The highest BCUT2D eigenvalue weighted by molar-refractivity contribution is 7.81. The standard InChI is InChI=1S/C2H5FO4S/c1-2-6-8(4,5)7-3/h2H2,1H3. The highest BCUT2D eigenvalue weighted by Gasteiger charge is 2.08. The first-order valence-electron chi connectivity index (χ1n) is 1.82. The molecule has 0 amide bonds. The van der Waals surface area contributed by atoms with E-state index in [1.165, 1.54) is 6.92 Å². The van der Waals surface area contributed by atoms with Gasteiger partial charge < -0.3 is 0 Å². The minimum Gasteiger partial charge on any atom is -0.247 e. The van der Waals surface area contributed by atoms with Crippen LogP contribution in [0.2, 0.25) is 0 Å². The van der Waals surface area contributed by atoms with E-state index in [9.17, 15) is 12.9 Å². The lowest BCUT2D eigenvalue weighted by atomic mass is 10.9. The van der Waals surface area contributed by atoms with Crippen molar-refractivity contribution in [3.63, 3.8) is 0 Å². The number of halogens is 1. The first-order chi connectivity index (χ1) is 3.62. The van der Waals surface area contributed by atoms with Crippen LogP contribution in [-0.2, 0) is 19.0 Å². The summed E-state index contributed by atoms with van der Waals surface area (Å²) in [7, 11) is -4.34. The van der Waals surface area contributed by atoms with Gasteiger partial charge in [0.1, 0.15) is 0 Å². The van der Waals surface area contributed by atoms with Crippen LogP contribution in [-0.4, -0.2) is 15.0 Å². The van der Waals surface area contributed by atoms with Crippen molar-refractivity contribution in [1.29, 1.82) is 0 Å². The van der Waals surface area contributed by atoms with Crippen LogP contribution in [0.25, 0.3) is 0 Å². The predicted molar refractivity (Wildman–Crippen MR) is 22.7 cm³/mol. The van der Waals surface area contributed by atoms with Crippen LogP contribution in [0.5, 0.6) is 0 Å². The maximum absolute atomic E-state index is 10.7. The van der Waals surface area contributed by atoms with Gasteiger partial charge in [-0.2, -0.15) is 8.42 Å². The molecule has 0 rings (SSSR count). The Morgan fingerprint density at radius 2 is 2.12 bits per heavy atom. The van der Waals surface area contributed by atoms with Gasteiger partial charge in [0.15, 0.2) is 0 Å². The summed E-state index contributed by atoms with van der Waals surface area (Å²) in [4.78, 5) is 0.